The quantitative estimate of drug-likeness (QED) is 0.776. The summed E-state index contributed by atoms with van der Waals surface area (Å²) in [6.07, 6.45) is 0. The lowest BCUT2D eigenvalue weighted by Crippen LogP contribution is -1.88. The number of hydrogen-bond donors (Lipinski definition) is 1. The van der Waals surface area contributed by atoms with E-state index in [0.717, 1.165) is 5.39 Å². The Morgan fingerprint density at radius 3 is 3.00 bits per heavy atom. The van der Waals surface area contributed by atoms with Gasteiger partial charge in [-0.2, -0.15) is 0 Å². The van der Waals surface area contributed by atoms with Gasteiger partial charge in [-0.15, -0.1) is 11.3 Å². The van der Waals surface area contributed by atoms with Gasteiger partial charge in [0.1, 0.15) is 0 Å². The second-order valence-corrected chi connectivity index (χ2v) is 3.95. The Morgan fingerprint density at radius 2 is 2.31 bits per heavy atom. The van der Waals surface area contributed by atoms with E-state index in [1.165, 1.54) is 11.3 Å². The highest BCUT2D eigenvalue weighted by molar-refractivity contribution is 7.17. The van der Waals surface area contributed by atoms with Crippen LogP contribution in [0.2, 0.25) is 5.02 Å². The van der Waals surface area contributed by atoms with Crippen LogP contribution in [0.3, 0.4) is 0 Å². The van der Waals surface area contributed by atoms with Crippen LogP contribution in [0.5, 0.6) is 0 Å². The number of halogens is 2. The molecule has 1 nitrogen and oxygen atoms in total. The van der Waals surface area contributed by atoms with Gasteiger partial charge in [-0.1, -0.05) is 11.6 Å². The summed E-state index contributed by atoms with van der Waals surface area (Å²) in [5.74, 6) is -0.432. The van der Waals surface area contributed by atoms with Gasteiger partial charge in [0, 0.05) is 0 Å². The zero-order valence-electron chi connectivity index (χ0n) is 6.55. The van der Waals surface area contributed by atoms with E-state index in [-0.39, 0.29) is 11.6 Å². The molecule has 1 aromatic carbocycles. The van der Waals surface area contributed by atoms with Crippen molar-refractivity contribution < 1.29 is 9.50 Å². The Labute approximate surface area is 83.4 Å². The summed E-state index contributed by atoms with van der Waals surface area (Å²) in [6, 6.07) is 3.51. The van der Waals surface area contributed by atoms with Gasteiger partial charge >= 0.3 is 0 Å². The van der Waals surface area contributed by atoms with Crippen molar-refractivity contribution in [1.82, 2.24) is 0 Å². The van der Waals surface area contributed by atoms with Gasteiger partial charge in [-0.3, -0.25) is 0 Å². The third-order valence-corrected chi connectivity index (χ3v) is 3.20. The molecule has 0 spiro atoms. The second kappa shape index (κ2) is 3.25. The summed E-state index contributed by atoms with van der Waals surface area (Å²) < 4.78 is 14.0. The fourth-order valence-corrected chi connectivity index (χ4v) is 2.30. The van der Waals surface area contributed by atoms with Gasteiger partial charge in [0.2, 0.25) is 0 Å². The minimum Gasteiger partial charge on any atom is -0.392 e. The van der Waals surface area contributed by atoms with Crippen molar-refractivity contribution in [2.75, 3.05) is 0 Å². The van der Waals surface area contributed by atoms with Crippen LogP contribution in [0.1, 0.15) is 5.56 Å². The van der Waals surface area contributed by atoms with Crippen LogP contribution < -0.4 is 0 Å². The second-order valence-electron chi connectivity index (χ2n) is 2.66. The van der Waals surface area contributed by atoms with Crippen molar-refractivity contribution in [3.05, 3.63) is 33.9 Å². The maximum absolute atomic E-state index is 13.4. The Hall–Kier alpha value is -0.640. The van der Waals surface area contributed by atoms with Crippen molar-refractivity contribution in [3.63, 3.8) is 0 Å². The molecule has 0 radical (unpaired) electrons. The smallest absolute Gasteiger partial charge is 0.159 e. The van der Waals surface area contributed by atoms with Crippen LogP contribution in [0.4, 0.5) is 4.39 Å². The molecule has 0 bridgehead atoms. The molecule has 0 fully saturated rings. The van der Waals surface area contributed by atoms with Crippen molar-refractivity contribution in [2.45, 2.75) is 6.61 Å². The van der Waals surface area contributed by atoms with E-state index in [0.29, 0.717) is 10.3 Å². The molecule has 0 amide bonds. The number of benzene rings is 1. The highest BCUT2D eigenvalue weighted by atomic mass is 35.5. The fourth-order valence-electron chi connectivity index (χ4n) is 1.22. The molecule has 0 unspecified atom stereocenters. The number of aliphatic hydroxyl groups excluding tert-OH is 1. The average molecular weight is 217 g/mol. The number of rotatable bonds is 1. The summed E-state index contributed by atoms with van der Waals surface area (Å²) >= 11 is 7.01. The van der Waals surface area contributed by atoms with Crippen LogP contribution in [0, 0.1) is 5.82 Å². The molecular weight excluding hydrogens is 211 g/mol. The van der Waals surface area contributed by atoms with Gasteiger partial charge in [-0.05, 0) is 28.5 Å². The van der Waals surface area contributed by atoms with Crippen LogP contribution in [-0.2, 0) is 6.61 Å². The molecular formula is C9H6ClFOS. The van der Waals surface area contributed by atoms with Crippen molar-refractivity contribution in [2.24, 2.45) is 0 Å². The van der Waals surface area contributed by atoms with Crippen molar-refractivity contribution >= 4 is 33.0 Å². The minimum absolute atomic E-state index is 0.0254. The number of aliphatic hydroxyl groups is 1. The lowest BCUT2D eigenvalue weighted by molar-refractivity contribution is 0.281. The number of thiophene rings is 1. The Bertz CT molecular complexity index is 452. The standard InChI is InChI=1S/C9H6ClFOS/c10-7-6(4-12)3-5-1-2-13-9(5)8(7)11/h1-3,12H,4H2. The highest BCUT2D eigenvalue weighted by Gasteiger charge is 2.11. The molecule has 0 saturated carbocycles. The fraction of sp³-hybridized carbons (Fsp3) is 0.111. The number of fused-ring (bicyclic) bond motifs is 1. The molecule has 68 valence electrons. The van der Waals surface area contributed by atoms with Crippen LogP contribution >= 0.6 is 22.9 Å². The molecule has 1 N–H and O–H groups in total. The SMILES string of the molecule is OCc1cc2ccsc2c(F)c1Cl. The molecule has 2 aromatic rings. The van der Waals surface area contributed by atoms with Crippen LogP contribution in [-0.4, -0.2) is 5.11 Å². The van der Waals surface area contributed by atoms with E-state index >= 15 is 0 Å². The van der Waals surface area contributed by atoms with Gasteiger partial charge in [0.25, 0.3) is 0 Å². The zero-order chi connectivity index (χ0) is 9.42. The molecule has 13 heavy (non-hydrogen) atoms. The summed E-state index contributed by atoms with van der Waals surface area (Å²) in [5, 5.41) is 11.5. The lowest BCUT2D eigenvalue weighted by atomic mass is 10.2. The molecule has 4 heteroatoms. The summed E-state index contributed by atoms with van der Waals surface area (Å²) in [6.45, 7) is -0.235. The molecule has 0 atom stereocenters. The summed E-state index contributed by atoms with van der Waals surface area (Å²) in [5.41, 5.74) is 0.435. The third kappa shape index (κ3) is 1.33. The predicted octanol–water partition coefficient (Wildman–Crippen LogP) is 3.19. The van der Waals surface area contributed by atoms with Gasteiger partial charge in [-0.25, -0.2) is 4.39 Å². The van der Waals surface area contributed by atoms with E-state index in [4.69, 9.17) is 16.7 Å². The molecule has 0 saturated heterocycles. The Kier molecular flexibility index (Phi) is 2.24. The van der Waals surface area contributed by atoms with Gasteiger partial charge in [0.05, 0.1) is 16.3 Å². The van der Waals surface area contributed by atoms with Gasteiger partial charge < -0.3 is 5.11 Å². The van der Waals surface area contributed by atoms with Gasteiger partial charge in [0.15, 0.2) is 5.82 Å². The normalized spacial score (nSPS) is 11.0. The van der Waals surface area contributed by atoms with E-state index in [1.807, 2.05) is 0 Å². The Morgan fingerprint density at radius 1 is 1.54 bits per heavy atom. The highest BCUT2D eigenvalue weighted by Crippen LogP contribution is 2.31. The largest absolute Gasteiger partial charge is 0.392 e. The monoisotopic (exact) mass is 216 g/mol. The first-order valence-electron chi connectivity index (χ1n) is 3.69. The lowest BCUT2D eigenvalue weighted by Gasteiger charge is -2.02. The third-order valence-electron chi connectivity index (χ3n) is 1.87. The molecule has 0 aliphatic heterocycles. The molecule has 2 rings (SSSR count). The first kappa shape index (κ1) is 8.94. The topological polar surface area (TPSA) is 20.2 Å². The van der Waals surface area contributed by atoms with E-state index in [1.54, 1.807) is 17.5 Å². The average Bonchev–Trinajstić information content (AvgIpc) is 2.59. The molecule has 0 aliphatic carbocycles. The van der Waals surface area contributed by atoms with E-state index in [9.17, 15) is 4.39 Å². The van der Waals surface area contributed by atoms with E-state index in [2.05, 4.69) is 0 Å². The maximum Gasteiger partial charge on any atom is 0.159 e. The molecule has 1 aromatic heterocycles. The summed E-state index contributed by atoms with van der Waals surface area (Å²) in [4.78, 5) is 0. The first-order valence-corrected chi connectivity index (χ1v) is 4.94. The summed E-state index contributed by atoms with van der Waals surface area (Å²) in [7, 11) is 0. The first-order chi connectivity index (χ1) is 6.24. The minimum atomic E-state index is -0.432. The predicted molar refractivity (Wildman–Crippen MR) is 52.7 cm³/mol. The Balaban J connectivity index is 2.83. The van der Waals surface area contributed by atoms with Crippen LogP contribution in [0.15, 0.2) is 17.5 Å². The molecule has 0 aliphatic rings. The maximum atomic E-state index is 13.4. The van der Waals surface area contributed by atoms with E-state index < -0.39 is 5.82 Å². The molecule has 1 heterocycles. The number of hydrogen-bond acceptors (Lipinski definition) is 2. The van der Waals surface area contributed by atoms with Crippen LogP contribution in [0.25, 0.3) is 10.1 Å². The van der Waals surface area contributed by atoms with Crippen molar-refractivity contribution in [1.29, 1.82) is 0 Å². The van der Waals surface area contributed by atoms with Crippen molar-refractivity contribution in [3.8, 4) is 0 Å². The zero-order valence-corrected chi connectivity index (χ0v) is 8.12.